The van der Waals surface area contributed by atoms with Gasteiger partial charge in [0.2, 0.25) is 0 Å². The molecule has 2 aromatic heterocycles. The van der Waals surface area contributed by atoms with Crippen molar-refractivity contribution in [1.82, 2.24) is 9.97 Å². The van der Waals surface area contributed by atoms with Crippen molar-refractivity contribution in [3.05, 3.63) is 131 Å². The normalized spacial score (nSPS) is 12.4. The van der Waals surface area contributed by atoms with Crippen LogP contribution < -0.4 is 39.0 Å². The molecule has 0 aliphatic rings. The second-order valence-electron chi connectivity index (χ2n) is 10.4. The molecular formula is C35H31N2NaO4S. The molecule has 43 heavy (non-hydrogen) atoms. The molecule has 4 aromatic carbocycles. The molecule has 0 bridgehead atoms. The Hall–Kier alpha value is -3.75. The van der Waals surface area contributed by atoms with Crippen LogP contribution in [0.1, 0.15) is 43.0 Å². The van der Waals surface area contributed by atoms with E-state index in [2.05, 4.69) is 29.0 Å². The van der Waals surface area contributed by atoms with Crippen molar-refractivity contribution < 1.29 is 50.4 Å². The Morgan fingerprint density at radius 3 is 2.02 bits per heavy atom. The minimum atomic E-state index is -0.820. The van der Waals surface area contributed by atoms with Crippen LogP contribution in [0, 0.1) is 0 Å². The first-order valence-electron chi connectivity index (χ1n) is 13.8. The Labute approximate surface area is 278 Å². The summed E-state index contributed by atoms with van der Waals surface area (Å²) < 4.78 is 13.2. The van der Waals surface area contributed by atoms with Gasteiger partial charge < -0.3 is 16.0 Å². The van der Waals surface area contributed by atoms with E-state index < -0.39 is 11.4 Å². The van der Waals surface area contributed by atoms with Crippen LogP contribution >= 0.6 is 11.3 Å². The number of rotatable bonds is 11. The molecule has 0 aliphatic heterocycles. The van der Waals surface area contributed by atoms with Crippen molar-refractivity contribution in [1.29, 1.82) is 0 Å². The monoisotopic (exact) mass is 598 g/mol. The Bertz CT molecular complexity index is 1810. The third-order valence-electron chi connectivity index (χ3n) is 7.57. The third kappa shape index (κ3) is 7.25. The molecule has 6 rings (SSSR count). The summed E-state index contributed by atoms with van der Waals surface area (Å²) in [5.41, 5.74) is 4.30. The molecule has 0 spiro atoms. The summed E-state index contributed by atoms with van der Waals surface area (Å²) in [5, 5.41) is 11.5. The van der Waals surface area contributed by atoms with Crippen LogP contribution in [-0.4, -0.2) is 21.0 Å². The molecule has 6 nitrogen and oxygen atoms in total. The summed E-state index contributed by atoms with van der Waals surface area (Å²) in [7, 11) is 0. The van der Waals surface area contributed by atoms with Crippen molar-refractivity contribution in [2.45, 2.75) is 38.4 Å². The number of ether oxygens (including phenoxy) is 2. The number of benzene rings is 4. The summed E-state index contributed by atoms with van der Waals surface area (Å²) in [4.78, 5) is 20.9. The van der Waals surface area contributed by atoms with Crippen molar-refractivity contribution in [2.24, 2.45) is 0 Å². The van der Waals surface area contributed by atoms with Crippen LogP contribution in [0.15, 0.2) is 109 Å². The molecule has 0 radical (unpaired) electrons. The van der Waals surface area contributed by atoms with E-state index in [-0.39, 0.29) is 37.4 Å². The number of pyridine rings is 1. The standard InChI is InChI=1S/C35H30N2O4S.Na.H/c1-35(21-20-34(38)39,26-13-18-29(19-14-26)41-23-33-37-31-8-4-5-9-32(31)42-33)25-11-16-28(17-12-25)40-22-27-15-10-24-6-2-3-7-30(24)36-27;;/h2-19H,20-23H2,1H3,(H,38,39);;/q;+1;-1. The molecule has 6 aromatic rings. The van der Waals surface area contributed by atoms with Gasteiger partial charge in [-0.15, -0.1) is 11.3 Å². The summed E-state index contributed by atoms with van der Waals surface area (Å²) in [6.45, 7) is 2.84. The maximum absolute atomic E-state index is 11.6. The van der Waals surface area contributed by atoms with E-state index in [1.165, 1.54) is 0 Å². The number of nitrogens with zero attached hydrogens (tertiary/aromatic N) is 2. The van der Waals surface area contributed by atoms with Crippen LogP contribution in [0.3, 0.4) is 0 Å². The molecule has 2 heterocycles. The van der Waals surface area contributed by atoms with Gasteiger partial charge in [-0.2, -0.15) is 0 Å². The molecule has 1 N–H and O–H groups in total. The number of hydrogen-bond donors (Lipinski definition) is 1. The van der Waals surface area contributed by atoms with E-state index in [9.17, 15) is 9.90 Å². The van der Waals surface area contributed by atoms with Gasteiger partial charge in [-0.05, 0) is 66.1 Å². The van der Waals surface area contributed by atoms with E-state index in [1.54, 1.807) is 11.3 Å². The summed E-state index contributed by atoms with van der Waals surface area (Å²) in [6, 6.07) is 35.9. The molecule has 212 valence electrons. The molecular weight excluding hydrogens is 567 g/mol. The fraction of sp³-hybridized carbons (Fsp3) is 0.171. The number of carboxylic acids is 1. The molecule has 1 atom stereocenters. The number of fused-ring (bicyclic) bond motifs is 2. The first-order chi connectivity index (χ1) is 20.5. The largest absolute Gasteiger partial charge is 1.00 e. The van der Waals surface area contributed by atoms with Crippen LogP contribution in [0.4, 0.5) is 0 Å². The van der Waals surface area contributed by atoms with Gasteiger partial charge in [0.05, 0.1) is 21.4 Å². The zero-order valence-corrected chi connectivity index (χ0v) is 27.0. The van der Waals surface area contributed by atoms with Gasteiger partial charge in [0.1, 0.15) is 29.7 Å². The number of hydrogen-bond acceptors (Lipinski definition) is 6. The van der Waals surface area contributed by atoms with Crippen LogP contribution in [0.2, 0.25) is 0 Å². The first-order valence-corrected chi connectivity index (χ1v) is 14.7. The smallest absolute Gasteiger partial charge is 1.00 e. The fourth-order valence-corrected chi connectivity index (χ4v) is 6.00. The zero-order valence-electron chi connectivity index (χ0n) is 25.2. The third-order valence-corrected chi connectivity index (χ3v) is 8.57. The summed E-state index contributed by atoms with van der Waals surface area (Å²) in [5.74, 6) is 0.650. The van der Waals surface area contributed by atoms with E-state index in [0.29, 0.717) is 19.6 Å². The van der Waals surface area contributed by atoms with Crippen molar-refractivity contribution in [2.75, 3.05) is 0 Å². The molecule has 0 amide bonds. The summed E-state index contributed by atoms with van der Waals surface area (Å²) in [6.07, 6.45) is 0.508. The van der Waals surface area contributed by atoms with Crippen molar-refractivity contribution in [3.63, 3.8) is 0 Å². The van der Waals surface area contributed by atoms with Crippen LogP contribution in [0.25, 0.3) is 21.1 Å². The molecule has 0 saturated carbocycles. The number of thiazole rings is 1. The van der Waals surface area contributed by atoms with Crippen LogP contribution in [0.5, 0.6) is 11.5 Å². The SMILES string of the molecule is CC(CCC(=O)O)(c1ccc(OCc2ccc3ccccc3n2)cc1)c1ccc(OCc2nc3ccccc3s2)cc1.[H-].[Na+]. The van der Waals surface area contributed by atoms with Gasteiger partial charge in [0, 0.05) is 17.2 Å². The van der Waals surface area contributed by atoms with Gasteiger partial charge >= 0.3 is 35.5 Å². The number of carbonyl (C=O) groups is 1. The average Bonchev–Trinajstić information content (AvgIpc) is 3.45. The minimum absolute atomic E-state index is 0. The molecule has 0 aliphatic carbocycles. The van der Waals surface area contributed by atoms with Gasteiger partial charge in [0.15, 0.2) is 0 Å². The van der Waals surface area contributed by atoms with Crippen LogP contribution in [-0.2, 0) is 23.4 Å². The predicted molar refractivity (Wildman–Crippen MR) is 167 cm³/mol. The Morgan fingerprint density at radius 1 is 0.767 bits per heavy atom. The van der Waals surface area contributed by atoms with E-state index in [4.69, 9.17) is 9.47 Å². The average molecular weight is 599 g/mol. The summed E-state index contributed by atoms with van der Waals surface area (Å²) >= 11 is 1.63. The Morgan fingerprint density at radius 2 is 1.37 bits per heavy atom. The quantitative estimate of drug-likeness (QED) is 0.204. The van der Waals surface area contributed by atoms with Gasteiger partial charge in [0.25, 0.3) is 0 Å². The molecule has 1 unspecified atom stereocenters. The number of aromatic nitrogens is 2. The first kappa shape index (κ1) is 30.7. The van der Waals surface area contributed by atoms with E-state index in [1.807, 2.05) is 97.1 Å². The van der Waals surface area contributed by atoms with E-state index >= 15 is 0 Å². The molecule has 8 heteroatoms. The Balaban J connectivity index is 0.00000221. The predicted octanol–water partition coefficient (Wildman–Crippen LogP) is 5.29. The zero-order chi connectivity index (χ0) is 28.9. The maximum atomic E-state index is 11.6. The Kier molecular flexibility index (Phi) is 9.78. The van der Waals surface area contributed by atoms with Crippen molar-refractivity contribution in [3.8, 4) is 11.5 Å². The number of para-hydroxylation sites is 2. The number of aliphatic carboxylic acids is 1. The molecule has 0 saturated heterocycles. The fourth-order valence-electron chi connectivity index (χ4n) is 5.12. The molecule has 0 fully saturated rings. The minimum Gasteiger partial charge on any atom is -1.00 e. The number of carboxylic acid groups (broad SMARTS) is 1. The topological polar surface area (TPSA) is 81.5 Å². The second kappa shape index (κ2) is 13.7. The van der Waals surface area contributed by atoms with Crippen molar-refractivity contribution >= 4 is 38.4 Å². The second-order valence-corrected chi connectivity index (χ2v) is 11.5. The van der Waals surface area contributed by atoms with Gasteiger partial charge in [-0.3, -0.25) is 4.79 Å². The van der Waals surface area contributed by atoms with Gasteiger partial charge in [-0.25, -0.2) is 9.97 Å². The van der Waals surface area contributed by atoms with Gasteiger partial charge in [-0.1, -0.05) is 67.6 Å². The van der Waals surface area contributed by atoms with E-state index in [0.717, 1.165) is 54.4 Å². The maximum Gasteiger partial charge on any atom is 1.00 e.